The highest BCUT2D eigenvalue weighted by molar-refractivity contribution is 6.06. The molecular weight excluding hydrogens is 325 g/mol. The Bertz CT molecular complexity index is 1010. The molecule has 0 saturated heterocycles. The molecule has 2 heterocycles. The van der Waals surface area contributed by atoms with Crippen molar-refractivity contribution in [2.45, 2.75) is 5.92 Å². The fourth-order valence-corrected chi connectivity index (χ4v) is 3.14. The van der Waals surface area contributed by atoms with Crippen LogP contribution in [0, 0.1) is 5.82 Å². The Morgan fingerprint density at radius 3 is 2.60 bits per heavy atom. The predicted molar refractivity (Wildman–Crippen MR) is 89.5 cm³/mol. The Hall–Kier alpha value is -3.22. The number of aromatic nitrogens is 2. The molecule has 1 atom stereocenters. The summed E-state index contributed by atoms with van der Waals surface area (Å²) in [6.07, 6.45) is 1.40. The van der Waals surface area contributed by atoms with Crippen LogP contribution in [0.3, 0.4) is 0 Å². The van der Waals surface area contributed by atoms with Crippen molar-refractivity contribution in [3.8, 4) is 11.5 Å². The second kappa shape index (κ2) is 5.70. The van der Waals surface area contributed by atoms with E-state index >= 15 is 0 Å². The van der Waals surface area contributed by atoms with Gasteiger partial charge in [0.15, 0.2) is 11.5 Å². The van der Waals surface area contributed by atoms with Crippen molar-refractivity contribution >= 4 is 22.5 Å². The number of amides is 1. The van der Waals surface area contributed by atoms with Gasteiger partial charge in [-0.15, -0.1) is 0 Å². The number of hydrogen-bond donors (Lipinski definition) is 1. The topological polar surface area (TPSA) is 73.3 Å². The molecule has 2 aromatic carbocycles. The molecule has 0 saturated carbocycles. The average Bonchev–Trinajstić information content (AvgIpc) is 2.94. The Morgan fingerprint density at radius 2 is 1.84 bits per heavy atom. The van der Waals surface area contributed by atoms with Gasteiger partial charge in [0.05, 0.1) is 25.4 Å². The van der Waals surface area contributed by atoms with Gasteiger partial charge in [0.25, 0.3) is 0 Å². The molecule has 1 aliphatic heterocycles. The highest BCUT2D eigenvalue weighted by Gasteiger charge is 2.34. The van der Waals surface area contributed by atoms with Crippen molar-refractivity contribution < 1.29 is 18.7 Å². The number of nitrogens with one attached hydrogen (secondary N) is 1. The summed E-state index contributed by atoms with van der Waals surface area (Å²) in [7, 11) is 3.08. The summed E-state index contributed by atoms with van der Waals surface area (Å²) in [5.74, 6) is -0.241. The zero-order chi connectivity index (χ0) is 17.6. The van der Waals surface area contributed by atoms with E-state index in [2.05, 4.69) is 15.3 Å². The summed E-state index contributed by atoms with van der Waals surface area (Å²) in [6.45, 7) is 0. The van der Waals surface area contributed by atoms with Gasteiger partial charge in [0, 0.05) is 17.1 Å². The quantitative estimate of drug-likeness (QED) is 0.794. The first-order valence-electron chi connectivity index (χ1n) is 7.59. The Labute approximate surface area is 142 Å². The van der Waals surface area contributed by atoms with E-state index in [0.29, 0.717) is 39.3 Å². The molecule has 1 aromatic heterocycles. The minimum Gasteiger partial charge on any atom is -0.493 e. The summed E-state index contributed by atoms with van der Waals surface area (Å²) in [5.41, 5.74) is 2.31. The van der Waals surface area contributed by atoms with Crippen LogP contribution in [0.15, 0.2) is 36.7 Å². The van der Waals surface area contributed by atoms with Crippen molar-refractivity contribution in [3.63, 3.8) is 0 Å². The molecule has 0 fully saturated rings. The maximum absolute atomic E-state index is 13.4. The molecule has 6 nitrogen and oxygen atoms in total. The van der Waals surface area contributed by atoms with Gasteiger partial charge in [-0.1, -0.05) is 6.07 Å². The number of rotatable bonds is 3. The number of carbonyl (C=O) groups is 1. The van der Waals surface area contributed by atoms with E-state index in [4.69, 9.17) is 9.47 Å². The molecule has 3 aromatic rings. The molecule has 1 aliphatic rings. The van der Waals surface area contributed by atoms with Gasteiger partial charge in [0.1, 0.15) is 18.1 Å². The fourth-order valence-electron chi connectivity index (χ4n) is 3.14. The van der Waals surface area contributed by atoms with Crippen LogP contribution in [0.1, 0.15) is 17.2 Å². The highest BCUT2D eigenvalue weighted by atomic mass is 19.1. The first kappa shape index (κ1) is 15.3. The lowest BCUT2D eigenvalue weighted by atomic mass is 9.94. The second-order valence-corrected chi connectivity index (χ2v) is 5.64. The van der Waals surface area contributed by atoms with Crippen molar-refractivity contribution in [2.75, 3.05) is 19.5 Å². The van der Waals surface area contributed by atoms with Crippen molar-refractivity contribution in [1.82, 2.24) is 9.97 Å². The summed E-state index contributed by atoms with van der Waals surface area (Å²) < 4.78 is 24.1. The number of fused-ring (bicyclic) bond motifs is 2. The van der Waals surface area contributed by atoms with Crippen molar-refractivity contribution in [3.05, 3.63) is 53.7 Å². The second-order valence-electron chi connectivity index (χ2n) is 5.64. The molecule has 0 bridgehead atoms. The van der Waals surface area contributed by atoms with Gasteiger partial charge >= 0.3 is 0 Å². The van der Waals surface area contributed by atoms with Gasteiger partial charge in [-0.05, 0) is 23.8 Å². The third-order valence-corrected chi connectivity index (χ3v) is 4.29. The van der Waals surface area contributed by atoms with Gasteiger partial charge in [-0.3, -0.25) is 4.79 Å². The molecule has 0 spiro atoms. The normalized spacial score (nSPS) is 15.8. The van der Waals surface area contributed by atoms with Crippen LogP contribution in [-0.4, -0.2) is 30.1 Å². The van der Waals surface area contributed by atoms with E-state index < -0.39 is 11.7 Å². The minimum atomic E-state index is -0.640. The SMILES string of the molecule is COc1cc2ncnc(C3C(=O)Nc4cc(F)ccc43)c2cc1OC. The average molecular weight is 339 g/mol. The Balaban J connectivity index is 1.94. The molecule has 0 aliphatic carbocycles. The third kappa shape index (κ3) is 2.36. The monoisotopic (exact) mass is 339 g/mol. The summed E-state index contributed by atoms with van der Waals surface area (Å²) >= 11 is 0. The number of benzene rings is 2. The number of anilines is 1. The van der Waals surface area contributed by atoms with Crippen molar-refractivity contribution in [1.29, 1.82) is 0 Å². The largest absolute Gasteiger partial charge is 0.493 e. The van der Waals surface area contributed by atoms with Crippen LogP contribution in [0.25, 0.3) is 10.9 Å². The molecular formula is C18H14FN3O3. The summed E-state index contributed by atoms with van der Waals surface area (Å²) in [6, 6.07) is 7.72. The van der Waals surface area contributed by atoms with Gasteiger partial charge < -0.3 is 14.8 Å². The van der Waals surface area contributed by atoms with E-state index in [-0.39, 0.29) is 5.91 Å². The van der Waals surface area contributed by atoms with E-state index in [1.165, 1.54) is 25.6 Å². The maximum atomic E-state index is 13.4. The lowest BCUT2D eigenvalue weighted by molar-refractivity contribution is -0.116. The lowest BCUT2D eigenvalue weighted by Gasteiger charge is -2.14. The van der Waals surface area contributed by atoms with Gasteiger partial charge in [-0.25, -0.2) is 14.4 Å². The van der Waals surface area contributed by atoms with Crippen molar-refractivity contribution in [2.24, 2.45) is 0 Å². The zero-order valence-electron chi connectivity index (χ0n) is 13.5. The first-order chi connectivity index (χ1) is 12.1. The number of nitrogens with zero attached hydrogens (tertiary/aromatic N) is 2. The predicted octanol–water partition coefficient (Wildman–Crippen LogP) is 2.87. The molecule has 25 heavy (non-hydrogen) atoms. The number of carbonyl (C=O) groups excluding carboxylic acids is 1. The van der Waals surface area contributed by atoms with E-state index in [1.807, 2.05) is 0 Å². The molecule has 0 radical (unpaired) electrons. The van der Waals surface area contributed by atoms with E-state index in [9.17, 15) is 9.18 Å². The van der Waals surface area contributed by atoms with Crippen LogP contribution in [0.4, 0.5) is 10.1 Å². The van der Waals surface area contributed by atoms with Crippen LogP contribution in [-0.2, 0) is 4.79 Å². The smallest absolute Gasteiger partial charge is 0.238 e. The number of hydrogen-bond acceptors (Lipinski definition) is 5. The standard InChI is InChI=1S/C18H14FN3O3/c1-24-14-6-11-12(7-15(14)25-2)20-8-21-17(11)16-10-4-3-9(19)5-13(10)22-18(16)23/h3-8,16H,1-2H3,(H,22,23). The summed E-state index contributed by atoms with van der Waals surface area (Å²) in [5, 5.41) is 3.39. The molecule has 126 valence electrons. The van der Waals surface area contributed by atoms with Crippen LogP contribution in [0.5, 0.6) is 11.5 Å². The van der Waals surface area contributed by atoms with E-state index in [0.717, 1.165) is 0 Å². The van der Waals surface area contributed by atoms with Crippen LogP contribution < -0.4 is 14.8 Å². The minimum absolute atomic E-state index is 0.254. The van der Waals surface area contributed by atoms with E-state index in [1.54, 1.807) is 25.3 Å². The third-order valence-electron chi connectivity index (χ3n) is 4.29. The van der Waals surface area contributed by atoms with Gasteiger partial charge in [-0.2, -0.15) is 0 Å². The van der Waals surface area contributed by atoms with Gasteiger partial charge in [0.2, 0.25) is 5.91 Å². The molecule has 4 rings (SSSR count). The fraction of sp³-hybridized carbons (Fsp3) is 0.167. The Morgan fingerprint density at radius 1 is 1.08 bits per heavy atom. The number of ether oxygens (including phenoxy) is 2. The zero-order valence-corrected chi connectivity index (χ0v) is 13.5. The van der Waals surface area contributed by atoms with Crippen LogP contribution in [0.2, 0.25) is 0 Å². The first-order valence-corrected chi connectivity index (χ1v) is 7.59. The molecule has 1 unspecified atom stereocenters. The molecule has 1 amide bonds. The van der Waals surface area contributed by atoms with Crippen LogP contribution >= 0.6 is 0 Å². The summed E-state index contributed by atoms with van der Waals surface area (Å²) in [4.78, 5) is 21.1. The molecule has 7 heteroatoms. The number of methoxy groups -OCH3 is 2. The number of halogens is 1. The highest BCUT2D eigenvalue weighted by Crippen LogP contribution is 2.40. The molecule has 1 N–H and O–H groups in total. The maximum Gasteiger partial charge on any atom is 0.238 e. The lowest BCUT2D eigenvalue weighted by Crippen LogP contribution is -2.15. The Kier molecular flexibility index (Phi) is 3.49.